The molecule has 0 bridgehead atoms. The Kier molecular flexibility index (Phi) is 35.3. The Morgan fingerprint density at radius 3 is 1.04 bits per heavy atom. The topological polar surface area (TPSA) is 236 Å². The van der Waals surface area contributed by atoms with Crippen LogP contribution in [-0.4, -0.2) is 181 Å². The van der Waals surface area contributed by atoms with Crippen LogP contribution in [0.4, 0.5) is 0 Å². The van der Waals surface area contributed by atoms with Gasteiger partial charge in [0.15, 0.2) is 12.6 Å². The second-order valence-electron chi connectivity index (χ2n) is 21.6. The van der Waals surface area contributed by atoms with Crippen LogP contribution in [0.25, 0.3) is 0 Å². The van der Waals surface area contributed by atoms with E-state index in [9.17, 15) is 40.9 Å². The lowest BCUT2D eigenvalue weighted by Crippen LogP contribution is -2.40. The molecular weight excluding hydrogens is 905 g/mol. The first-order valence-corrected chi connectivity index (χ1v) is 28.1. The molecule has 2 unspecified atom stereocenters. The van der Waals surface area contributed by atoms with Gasteiger partial charge in [-0.15, -0.1) is 0 Å². The van der Waals surface area contributed by atoms with Crippen molar-refractivity contribution in [2.75, 3.05) is 66.1 Å². The van der Waals surface area contributed by atoms with Gasteiger partial charge in [0.25, 0.3) is 0 Å². The van der Waals surface area contributed by atoms with E-state index in [0.717, 1.165) is 51.4 Å². The summed E-state index contributed by atoms with van der Waals surface area (Å²) in [6.45, 7) is 11.4. The van der Waals surface area contributed by atoms with Crippen molar-refractivity contribution in [2.24, 2.45) is 23.7 Å². The Morgan fingerprint density at radius 2 is 0.714 bits per heavy atom. The first-order chi connectivity index (χ1) is 33.8. The minimum Gasteiger partial charge on any atom is -0.394 e. The third-order valence-corrected chi connectivity index (χ3v) is 14.8. The van der Waals surface area contributed by atoms with Crippen molar-refractivity contribution >= 4 is 0 Å². The van der Waals surface area contributed by atoms with Crippen molar-refractivity contribution in [1.82, 2.24) is 0 Å². The van der Waals surface area contributed by atoms with Crippen LogP contribution in [0.3, 0.4) is 0 Å². The quantitative estimate of drug-likeness (QED) is 0.119. The van der Waals surface area contributed by atoms with E-state index in [1.165, 1.54) is 103 Å². The summed E-state index contributed by atoms with van der Waals surface area (Å²) >= 11 is 0. The van der Waals surface area contributed by atoms with Crippen LogP contribution < -0.4 is 0 Å². The van der Waals surface area contributed by atoms with Gasteiger partial charge < -0.3 is 78.7 Å². The van der Waals surface area contributed by atoms with Crippen molar-refractivity contribution < 1.29 is 78.7 Å². The Morgan fingerprint density at radius 1 is 0.400 bits per heavy atom. The predicted octanol–water partition coefficient (Wildman–Crippen LogP) is 6.34. The second kappa shape index (κ2) is 38.8. The van der Waals surface area contributed by atoms with E-state index in [1.807, 2.05) is 0 Å². The van der Waals surface area contributed by atoms with Crippen molar-refractivity contribution in [3.8, 4) is 0 Å². The van der Waals surface area contributed by atoms with Crippen LogP contribution in [0.5, 0.6) is 0 Å². The van der Waals surface area contributed by atoms with Gasteiger partial charge in [0.2, 0.25) is 0 Å². The predicted molar refractivity (Wildman–Crippen MR) is 268 cm³/mol. The van der Waals surface area contributed by atoms with Gasteiger partial charge in [0.05, 0.1) is 39.6 Å². The van der Waals surface area contributed by atoms with Crippen LogP contribution in [-0.2, 0) is 37.9 Å². The SMILES string of the molecule is CC1CCC[C@@H](C)CCO[C@H](CO[C@@H]2O[C@@H]([C@H](O)CO)[C@H](O)[C@H]2O)COCCCCCCCCCCCCCCCCOC[C@@H](CO[C@@H]2O[C@@H]([C@H](O)CO)[C@H](O)[C@H]2O)OCC[C@H](C)CCCC(C)CC1. The molecule has 3 aliphatic rings. The van der Waals surface area contributed by atoms with Gasteiger partial charge in [-0.1, -0.05) is 156 Å². The van der Waals surface area contributed by atoms with Crippen LogP contribution in [0, 0.1) is 23.7 Å². The second-order valence-corrected chi connectivity index (χ2v) is 21.6. The number of hydrogen-bond acceptors (Lipinski definition) is 16. The molecule has 0 saturated carbocycles. The van der Waals surface area contributed by atoms with Crippen LogP contribution >= 0.6 is 0 Å². The molecule has 0 radical (unpaired) electrons. The fraction of sp³-hybridized carbons (Fsp3) is 1.00. The fourth-order valence-corrected chi connectivity index (χ4v) is 9.76. The van der Waals surface area contributed by atoms with Gasteiger partial charge in [0, 0.05) is 26.4 Å². The molecule has 0 spiro atoms. The molecule has 0 aliphatic carbocycles. The van der Waals surface area contributed by atoms with E-state index in [1.54, 1.807) is 0 Å². The first-order valence-electron chi connectivity index (χ1n) is 28.1. The molecule has 0 aromatic rings. The van der Waals surface area contributed by atoms with E-state index in [2.05, 4.69) is 27.7 Å². The van der Waals surface area contributed by atoms with E-state index >= 15 is 0 Å². The average Bonchev–Trinajstić information content (AvgIpc) is 3.80. The van der Waals surface area contributed by atoms with Crippen LogP contribution in [0.15, 0.2) is 0 Å². The summed E-state index contributed by atoms with van der Waals surface area (Å²) in [6, 6.07) is 0. The summed E-state index contributed by atoms with van der Waals surface area (Å²) in [6.07, 6.45) is 14.6. The molecule has 8 N–H and O–H groups in total. The largest absolute Gasteiger partial charge is 0.394 e. The molecule has 0 aromatic heterocycles. The Bertz CT molecular complexity index is 1130. The first kappa shape index (κ1) is 63.7. The van der Waals surface area contributed by atoms with Gasteiger partial charge in [-0.25, -0.2) is 0 Å². The molecule has 3 rings (SSSR count). The molecular formula is C54H104O16. The number of aliphatic hydroxyl groups excluding tert-OH is 8. The van der Waals surface area contributed by atoms with Crippen LogP contribution in [0.1, 0.15) is 182 Å². The standard InChI is InChI=1S/C54H104O16/c1-39-21-19-23-41(3)27-31-65-43(37-67-53-49(61)47(59)51(69-53)45(57)33-55)35-63-29-17-15-13-11-9-7-5-6-8-10-12-14-16-18-30-64-36-44(66-32-28-42(4)24-20-22-40(2)26-25-39)38-68-54-50(62)48(60)52(70-54)46(58)34-56/h39-62H,5-38H2,1-4H3/t39?,40?,41-,42-,43+,44+,45-,46-,47-,48-,49-,50-,51+,52+,53-,54-/m1/s1. The Hall–Kier alpha value is -0.640. The van der Waals surface area contributed by atoms with Gasteiger partial charge in [-0.3, -0.25) is 0 Å². The highest BCUT2D eigenvalue weighted by atomic mass is 16.7. The Labute approximate surface area is 422 Å². The lowest BCUT2D eigenvalue weighted by Gasteiger charge is -2.23. The number of ether oxygens (including phenoxy) is 8. The van der Waals surface area contributed by atoms with Crippen molar-refractivity contribution in [1.29, 1.82) is 0 Å². The van der Waals surface area contributed by atoms with Gasteiger partial charge in [0.1, 0.15) is 61.0 Å². The minimum atomic E-state index is -1.37. The zero-order chi connectivity index (χ0) is 50.9. The normalized spacial score (nSPS) is 37.0. The third kappa shape index (κ3) is 26.7. The lowest BCUT2D eigenvalue weighted by molar-refractivity contribution is -0.198. The summed E-state index contributed by atoms with van der Waals surface area (Å²) in [5, 5.41) is 80.4. The molecule has 3 aliphatic heterocycles. The molecule has 3 heterocycles. The number of rotatable bonds is 10. The molecule has 3 saturated heterocycles. The monoisotopic (exact) mass is 1010 g/mol. The maximum atomic E-state index is 10.5. The minimum absolute atomic E-state index is 0.0998. The molecule has 70 heavy (non-hydrogen) atoms. The smallest absolute Gasteiger partial charge is 0.186 e. The molecule has 16 heteroatoms. The van der Waals surface area contributed by atoms with Crippen LogP contribution in [0.2, 0.25) is 0 Å². The molecule has 416 valence electrons. The van der Waals surface area contributed by atoms with E-state index in [0.29, 0.717) is 63.3 Å². The highest BCUT2D eigenvalue weighted by Gasteiger charge is 2.48. The van der Waals surface area contributed by atoms with Crippen molar-refractivity contribution in [3.05, 3.63) is 0 Å². The zero-order valence-corrected chi connectivity index (χ0v) is 44.1. The highest BCUT2D eigenvalue weighted by Crippen LogP contribution is 2.28. The fourth-order valence-electron chi connectivity index (χ4n) is 9.76. The van der Waals surface area contributed by atoms with Gasteiger partial charge >= 0.3 is 0 Å². The summed E-state index contributed by atoms with van der Waals surface area (Å²) < 4.78 is 47.6. The Balaban J connectivity index is 1.45. The summed E-state index contributed by atoms with van der Waals surface area (Å²) in [5.74, 6) is 2.35. The summed E-state index contributed by atoms with van der Waals surface area (Å²) in [5.41, 5.74) is 0. The number of aliphatic hydroxyl groups is 8. The summed E-state index contributed by atoms with van der Waals surface area (Å²) in [7, 11) is 0. The molecule has 16 atom stereocenters. The number of hydrogen-bond donors (Lipinski definition) is 8. The molecule has 0 amide bonds. The van der Waals surface area contributed by atoms with Crippen molar-refractivity contribution in [3.63, 3.8) is 0 Å². The van der Waals surface area contributed by atoms with E-state index in [4.69, 9.17) is 37.9 Å². The van der Waals surface area contributed by atoms with Crippen molar-refractivity contribution in [2.45, 2.75) is 255 Å². The maximum absolute atomic E-state index is 10.5. The van der Waals surface area contributed by atoms with E-state index < -0.39 is 74.6 Å². The third-order valence-electron chi connectivity index (χ3n) is 14.8. The van der Waals surface area contributed by atoms with Gasteiger partial charge in [-0.05, 0) is 49.4 Å². The van der Waals surface area contributed by atoms with E-state index in [-0.39, 0.29) is 25.4 Å². The molecule has 3 fully saturated rings. The molecule has 0 aromatic carbocycles. The maximum Gasteiger partial charge on any atom is 0.186 e. The lowest BCUT2D eigenvalue weighted by atomic mass is 9.89. The highest BCUT2D eigenvalue weighted by molar-refractivity contribution is 4.92. The average molecular weight is 1010 g/mol. The van der Waals surface area contributed by atoms with Gasteiger partial charge in [-0.2, -0.15) is 0 Å². The molecule has 16 nitrogen and oxygen atoms in total. The summed E-state index contributed by atoms with van der Waals surface area (Å²) in [4.78, 5) is 0. The zero-order valence-electron chi connectivity index (χ0n) is 44.1.